The van der Waals surface area contributed by atoms with Gasteiger partial charge in [0, 0.05) is 56.4 Å². The predicted octanol–water partition coefficient (Wildman–Crippen LogP) is 2.35. The summed E-state index contributed by atoms with van der Waals surface area (Å²) in [5.41, 5.74) is 2.94. The van der Waals surface area contributed by atoms with Crippen molar-refractivity contribution in [2.45, 2.75) is 31.8 Å². The number of pyridine rings is 1. The number of carbonyl (C=O) groups is 2. The molecule has 2 aliphatic heterocycles. The molecule has 11 nitrogen and oxygen atoms in total. The van der Waals surface area contributed by atoms with Gasteiger partial charge < -0.3 is 15.4 Å². The SMILES string of the molecule is Cc1ncc(C(=O)NCCN2C3CCC2COC3)cc1NC(=O)c1cnn2cc(-c3cnn(C)c3)sc12. The Balaban J connectivity index is 1.12. The maximum Gasteiger partial charge on any atom is 0.260 e. The lowest BCUT2D eigenvalue weighted by Gasteiger charge is -2.34. The largest absolute Gasteiger partial charge is 0.378 e. The van der Waals surface area contributed by atoms with Gasteiger partial charge in [0.2, 0.25) is 0 Å². The van der Waals surface area contributed by atoms with Gasteiger partial charge in [-0.25, -0.2) is 4.52 Å². The molecular weight excluding hydrogens is 492 g/mol. The van der Waals surface area contributed by atoms with E-state index in [0.717, 1.165) is 47.9 Å². The third-order valence-electron chi connectivity index (χ3n) is 7.07. The fourth-order valence-electron chi connectivity index (χ4n) is 5.08. The van der Waals surface area contributed by atoms with Crippen molar-refractivity contribution < 1.29 is 14.3 Å². The first-order chi connectivity index (χ1) is 18.0. The third kappa shape index (κ3) is 4.63. The van der Waals surface area contributed by atoms with Crippen LogP contribution < -0.4 is 10.6 Å². The molecule has 6 rings (SSSR count). The first-order valence-corrected chi connectivity index (χ1v) is 13.1. The lowest BCUT2D eigenvalue weighted by molar-refractivity contribution is -0.0135. The van der Waals surface area contributed by atoms with Crippen LogP contribution in [-0.4, -0.2) is 79.5 Å². The maximum atomic E-state index is 13.2. The number of amides is 2. The summed E-state index contributed by atoms with van der Waals surface area (Å²) in [6, 6.07) is 2.58. The molecule has 37 heavy (non-hydrogen) atoms. The highest BCUT2D eigenvalue weighted by molar-refractivity contribution is 7.21. The fraction of sp³-hybridized carbons (Fsp3) is 0.400. The number of aryl methyl sites for hydroxylation is 2. The fourth-order valence-corrected chi connectivity index (χ4v) is 6.11. The van der Waals surface area contributed by atoms with Gasteiger partial charge in [0.05, 0.1) is 53.0 Å². The van der Waals surface area contributed by atoms with Gasteiger partial charge in [0.25, 0.3) is 11.8 Å². The van der Waals surface area contributed by atoms with Gasteiger partial charge in [-0.2, -0.15) is 10.2 Å². The highest BCUT2D eigenvalue weighted by Gasteiger charge is 2.36. The number of anilines is 1. The third-order valence-corrected chi connectivity index (χ3v) is 8.24. The Morgan fingerprint density at radius 2 is 1.92 bits per heavy atom. The van der Waals surface area contributed by atoms with E-state index in [1.54, 1.807) is 34.6 Å². The van der Waals surface area contributed by atoms with Crippen molar-refractivity contribution in [3.63, 3.8) is 0 Å². The van der Waals surface area contributed by atoms with Crippen LogP contribution in [0.5, 0.6) is 0 Å². The molecule has 2 aliphatic rings. The van der Waals surface area contributed by atoms with Crippen LogP contribution in [0.3, 0.4) is 0 Å². The summed E-state index contributed by atoms with van der Waals surface area (Å²) in [6.07, 6.45) is 11.0. The quantitative estimate of drug-likeness (QED) is 0.384. The molecule has 2 amide bonds. The molecule has 192 valence electrons. The first-order valence-electron chi connectivity index (χ1n) is 12.3. The minimum Gasteiger partial charge on any atom is -0.378 e. The van der Waals surface area contributed by atoms with E-state index < -0.39 is 0 Å². The van der Waals surface area contributed by atoms with Crippen molar-refractivity contribution in [2.75, 3.05) is 31.6 Å². The number of hydrogen-bond acceptors (Lipinski definition) is 8. The second-order valence-electron chi connectivity index (χ2n) is 9.53. The molecule has 2 N–H and O–H groups in total. The maximum absolute atomic E-state index is 13.2. The second kappa shape index (κ2) is 9.69. The zero-order chi connectivity index (χ0) is 25.5. The minimum absolute atomic E-state index is 0.212. The molecule has 0 saturated carbocycles. The molecule has 2 unspecified atom stereocenters. The van der Waals surface area contributed by atoms with Crippen LogP contribution in [0.25, 0.3) is 15.3 Å². The molecule has 0 spiro atoms. The average Bonchev–Trinajstić information content (AvgIpc) is 3.63. The van der Waals surface area contributed by atoms with E-state index in [-0.39, 0.29) is 11.8 Å². The van der Waals surface area contributed by atoms with Crippen molar-refractivity contribution in [1.29, 1.82) is 0 Å². The molecule has 4 aromatic heterocycles. The van der Waals surface area contributed by atoms with E-state index in [1.165, 1.54) is 17.5 Å². The predicted molar refractivity (Wildman–Crippen MR) is 139 cm³/mol. The molecule has 2 fully saturated rings. The van der Waals surface area contributed by atoms with E-state index in [1.807, 2.05) is 19.4 Å². The Morgan fingerprint density at radius 3 is 2.68 bits per heavy atom. The van der Waals surface area contributed by atoms with Crippen LogP contribution in [0, 0.1) is 6.92 Å². The number of ether oxygens (including phenoxy) is 1. The van der Waals surface area contributed by atoms with Gasteiger partial charge in [-0.3, -0.25) is 24.2 Å². The number of morpholine rings is 1. The Morgan fingerprint density at radius 1 is 1.11 bits per heavy atom. The number of aromatic nitrogens is 5. The number of thiazole rings is 1. The monoisotopic (exact) mass is 520 g/mol. The normalized spacial score (nSPS) is 19.4. The lowest BCUT2D eigenvalue weighted by atomic mass is 10.2. The molecule has 12 heteroatoms. The van der Waals surface area contributed by atoms with Crippen LogP contribution in [0.4, 0.5) is 5.69 Å². The van der Waals surface area contributed by atoms with Crippen LogP contribution in [0.15, 0.2) is 37.1 Å². The van der Waals surface area contributed by atoms with E-state index in [0.29, 0.717) is 41.1 Å². The zero-order valence-corrected chi connectivity index (χ0v) is 21.5. The second-order valence-corrected chi connectivity index (χ2v) is 10.6. The van der Waals surface area contributed by atoms with E-state index in [4.69, 9.17) is 4.74 Å². The van der Waals surface area contributed by atoms with Gasteiger partial charge in [0.1, 0.15) is 4.83 Å². The van der Waals surface area contributed by atoms with Gasteiger partial charge >= 0.3 is 0 Å². The molecular formula is C25H28N8O3S. The number of nitrogens with zero attached hydrogens (tertiary/aromatic N) is 6. The van der Waals surface area contributed by atoms with Gasteiger partial charge in [-0.05, 0) is 25.8 Å². The Labute approximate surface area is 217 Å². The summed E-state index contributed by atoms with van der Waals surface area (Å²) < 4.78 is 9.06. The number of nitrogens with one attached hydrogen (secondary N) is 2. The number of carbonyl (C=O) groups excluding carboxylic acids is 2. The highest BCUT2D eigenvalue weighted by Crippen LogP contribution is 2.31. The summed E-state index contributed by atoms with van der Waals surface area (Å²) in [4.78, 5) is 34.5. The van der Waals surface area contributed by atoms with Crippen LogP contribution in [0.2, 0.25) is 0 Å². The Kier molecular flexibility index (Phi) is 6.22. The average molecular weight is 521 g/mol. The lowest BCUT2D eigenvalue weighted by Crippen LogP contribution is -2.48. The summed E-state index contributed by atoms with van der Waals surface area (Å²) in [7, 11) is 1.86. The zero-order valence-electron chi connectivity index (χ0n) is 20.7. The Hall–Kier alpha value is -3.61. The van der Waals surface area contributed by atoms with Gasteiger partial charge in [0.15, 0.2) is 0 Å². The first kappa shape index (κ1) is 23.8. The van der Waals surface area contributed by atoms with Crippen LogP contribution in [-0.2, 0) is 11.8 Å². The van der Waals surface area contributed by atoms with E-state index in [9.17, 15) is 9.59 Å². The molecule has 2 atom stereocenters. The summed E-state index contributed by atoms with van der Waals surface area (Å²) in [5, 5.41) is 14.5. The van der Waals surface area contributed by atoms with Crippen molar-refractivity contribution in [3.05, 3.63) is 53.9 Å². The van der Waals surface area contributed by atoms with Gasteiger partial charge in [-0.1, -0.05) is 0 Å². The Bertz CT molecular complexity index is 1460. The van der Waals surface area contributed by atoms with Crippen molar-refractivity contribution >= 4 is 33.7 Å². The topological polar surface area (TPSA) is 119 Å². The molecule has 0 aliphatic carbocycles. The summed E-state index contributed by atoms with van der Waals surface area (Å²) in [6.45, 7) is 4.69. The highest BCUT2D eigenvalue weighted by atomic mass is 32.1. The van der Waals surface area contributed by atoms with E-state index in [2.05, 4.69) is 30.7 Å². The van der Waals surface area contributed by atoms with Crippen molar-refractivity contribution in [2.24, 2.45) is 7.05 Å². The van der Waals surface area contributed by atoms with E-state index >= 15 is 0 Å². The van der Waals surface area contributed by atoms with Crippen molar-refractivity contribution in [3.8, 4) is 10.4 Å². The number of hydrogen-bond donors (Lipinski definition) is 2. The molecule has 4 aromatic rings. The molecule has 0 radical (unpaired) electrons. The van der Waals surface area contributed by atoms with Crippen LogP contribution in [0.1, 0.15) is 39.3 Å². The molecule has 6 heterocycles. The van der Waals surface area contributed by atoms with Gasteiger partial charge in [-0.15, -0.1) is 11.3 Å². The summed E-state index contributed by atoms with van der Waals surface area (Å²) in [5.74, 6) is -0.518. The standard InChI is InChI=1S/C25H28N8O3S/c1-15-21(7-16(8-27-15)23(34)26-5-6-32-18-3-4-19(32)14-36-13-18)30-24(35)20-10-29-33-12-22(37-25(20)33)17-9-28-31(2)11-17/h7-12,18-19H,3-6,13-14H2,1-2H3,(H,26,34)(H,30,35). The molecule has 0 aromatic carbocycles. The number of rotatable bonds is 7. The number of fused-ring (bicyclic) bond motifs is 3. The van der Waals surface area contributed by atoms with Crippen molar-refractivity contribution in [1.82, 2.24) is 34.6 Å². The smallest absolute Gasteiger partial charge is 0.260 e. The summed E-state index contributed by atoms with van der Waals surface area (Å²) >= 11 is 1.47. The van der Waals surface area contributed by atoms with Crippen LogP contribution >= 0.6 is 11.3 Å². The minimum atomic E-state index is -0.306. The molecule has 2 saturated heterocycles. The molecule has 2 bridgehead atoms.